The lowest BCUT2D eigenvalue weighted by molar-refractivity contribution is -0.141. The second-order valence-corrected chi connectivity index (χ2v) is 5.48. The van der Waals surface area contributed by atoms with Crippen LogP contribution in [0.5, 0.6) is 0 Å². The Morgan fingerprint density at radius 2 is 2.26 bits per heavy atom. The predicted molar refractivity (Wildman–Crippen MR) is 77.9 cm³/mol. The summed E-state index contributed by atoms with van der Waals surface area (Å²) >= 11 is 0. The topological polar surface area (TPSA) is 71.7 Å². The Kier molecular flexibility index (Phi) is 5.42. The first kappa shape index (κ1) is 17.5. The van der Waals surface area contributed by atoms with Gasteiger partial charge in [-0.1, -0.05) is 6.07 Å². The van der Waals surface area contributed by atoms with Crippen molar-refractivity contribution in [2.45, 2.75) is 12.3 Å². The summed E-state index contributed by atoms with van der Waals surface area (Å²) in [7, 11) is 1.73. The van der Waals surface area contributed by atoms with Crippen LogP contribution in [0.15, 0.2) is 18.2 Å². The van der Waals surface area contributed by atoms with Crippen LogP contribution in [0, 0.1) is 0 Å². The third-order valence-corrected chi connectivity index (χ3v) is 3.43. The molecule has 0 saturated carbocycles. The van der Waals surface area contributed by atoms with Crippen LogP contribution in [0.1, 0.15) is 5.69 Å². The zero-order valence-electron chi connectivity index (χ0n) is 12.7. The fraction of sp³-hybridized carbons (Fsp3) is 0.571. The number of carbonyl (C=O) groups is 1. The van der Waals surface area contributed by atoms with E-state index in [1.807, 2.05) is 0 Å². The number of carbonyl (C=O) groups excluding carboxylic acids is 1. The number of ether oxygens (including phenoxy) is 1. The van der Waals surface area contributed by atoms with Crippen molar-refractivity contribution >= 4 is 11.7 Å². The normalized spacial score (nSPS) is 19.2. The molecule has 0 spiro atoms. The number of alkyl halides is 3. The molecule has 1 amide bonds. The number of pyridine rings is 1. The van der Waals surface area contributed by atoms with E-state index in [0.29, 0.717) is 26.2 Å². The van der Waals surface area contributed by atoms with Gasteiger partial charge in [0, 0.05) is 19.6 Å². The first-order valence-electron chi connectivity index (χ1n) is 7.13. The molecule has 0 aliphatic carbocycles. The van der Waals surface area contributed by atoms with Crippen molar-refractivity contribution < 1.29 is 22.7 Å². The Bertz CT molecular complexity index is 553. The van der Waals surface area contributed by atoms with E-state index in [1.165, 1.54) is 6.07 Å². The molecule has 1 aliphatic rings. The monoisotopic (exact) mass is 332 g/mol. The molecule has 9 heteroatoms. The van der Waals surface area contributed by atoms with Crippen LogP contribution in [0.25, 0.3) is 0 Å². The zero-order valence-corrected chi connectivity index (χ0v) is 12.7. The van der Waals surface area contributed by atoms with Crippen molar-refractivity contribution in [3.05, 3.63) is 23.9 Å². The Morgan fingerprint density at radius 3 is 2.91 bits per heavy atom. The van der Waals surface area contributed by atoms with Crippen LogP contribution in [-0.4, -0.2) is 61.7 Å². The molecular weight excluding hydrogens is 313 g/mol. The number of likely N-dealkylation sites (N-methyl/N-ethyl adjacent to an activating group) is 1. The first-order valence-corrected chi connectivity index (χ1v) is 7.13. The number of morpholine rings is 1. The number of anilines is 1. The maximum Gasteiger partial charge on any atom is 0.433 e. The molecule has 1 aromatic rings. The van der Waals surface area contributed by atoms with Crippen LogP contribution in [0.4, 0.5) is 19.0 Å². The van der Waals surface area contributed by atoms with Crippen molar-refractivity contribution in [1.82, 2.24) is 9.88 Å². The smallest absolute Gasteiger partial charge is 0.373 e. The van der Waals surface area contributed by atoms with Gasteiger partial charge in [-0.2, -0.15) is 13.2 Å². The second kappa shape index (κ2) is 7.14. The summed E-state index contributed by atoms with van der Waals surface area (Å²) in [5.41, 5.74) is 4.21. The minimum absolute atomic E-state index is 0.0989. The summed E-state index contributed by atoms with van der Waals surface area (Å²) in [6.07, 6.45) is -4.70. The third-order valence-electron chi connectivity index (χ3n) is 3.43. The quantitative estimate of drug-likeness (QED) is 0.860. The summed E-state index contributed by atoms with van der Waals surface area (Å²) in [6, 6.07) is 3.83. The van der Waals surface area contributed by atoms with Crippen LogP contribution in [-0.2, 0) is 15.7 Å². The summed E-state index contributed by atoms with van der Waals surface area (Å²) in [6.45, 7) is 1.80. The lowest BCUT2D eigenvalue weighted by Gasteiger charge is -2.35. The summed E-state index contributed by atoms with van der Waals surface area (Å²) < 4.78 is 43.8. The third kappa shape index (κ3) is 5.07. The number of amides is 1. The number of nitrogens with zero attached hydrogens (tertiary/aromatic N) is 3. The maximum atomic E-state index is 12.7. The van der Waals surface area contributed by atoms with Crippen LogP contribution in [0.2, 0.25) is 0 Å². The van der Waals surface area contributed by atoms with Crippen molar-refractivity contribution in [3.8, 4) is 0 Å². The largest absolute Gasteiger partial charge is 0.433 e. The molecule has 1 aliphatic heterocycles. The highest BCUT2D eigenvalue weighted by Gasteiger charge is 2.33. The van der Waals surface area contributed by atoms with Gasteiger partial charge in [-0.3, -0.25) is 9.69 Å². The molecule has 0 bridgehead atoms. The number of hydrogen-bond acceptors (Lipinski definition) is 5. The van der Waals surface area contributed by atoms with Crippen molar-refractivity contribution in [3.63, 3.8) is 0 Å². The standard InChI is InChI=1S/C14H19F3N4O2/c1-20(9-12(18)22)7-10-8-21(5-6-23-10)13-4-2-3-11(19-13)14(15,16)17/h2-4,10H,5-9H2,1H3,(H2,18,22). The van der Waals surface area contributed by atoms with E-state index in [0.717, 1.165) is 6.07 Å². The van der Waals surface area contributed by atoms with E-state index in [9.17, 15) is 18.0 Å². The summed E-state index contributed by atoms with van der Waals surface area (Å²) in [4.78, 5) is 18.0. The average molecular weight is 332 g/mol. The number of nitrogens with two attached hydrogens (primary N) is 1. The van der Waals surface area contributed by atoms with E-state index in [2.05, 4.69) is 4.98 Å². The lowest BCUT2D eigenvalue weighted by Crippen LogP contribution is -2.48. The van der Waals surface area contributed by atoms with Gasteiger partial charge in [-0.15, -0.1) is 0 Å². The molecule has 0 aromatic carbocycles. The SMILES string of the molecule is CN(CC(N)=O)CC1CN(c2cccc(C(F)(F)F)n2)CCO1. The Hall–Kier alpha value is -1.87. The number of rotatable bonds is 5. The van der Waals surface area contributed by atoms with Gasteiger partial charge >= 0.3 is 6.18 Å². The maximum absolute atomic E-state index is 12.7. The molecule has 1 unspecified atom stereocenters. The average Bonchev–Trinajstić information content (AvgIpc) is 2.46. The molecule has 2 rings (SSSR count). The molecule has 128 valence electrons. The number of hydrogen-bond donors (Lipinski definition) is 1. The molecule has 2 heterocycles. The van der Waals surface area contributed by atoms with Crippen molar-refractivity contribution in [2.75, 3.05) is 44.7 Å². The number of aromatic nitrogens is 1. The highest BCUT2D eigenvalue weighted by Crippen LogP contribution is 2.29. The molecule has 23 heavy (non-hydrogen) atoms. The molecule has 6 nitrogen and oxygen atoms in total. The van der Waals surface area contributed by atoms with Gasteiger partial charge < -0.3 is 15.4 Å². The molecule has 1 atom stereocenters. The van der Waals surface area contributed by atoms with Crippen LogP contribution < -0.4 is 10.6 Å². The van der Waals surface area contributed by atoms with E-state index in [4.69, 9.17) is 10.5 Å². The summed E-state index contributed by atoms with van der Waals surface area (Å²) in [5, 5.41) is 0. The van der Waals surface area contributed by atoms with Crippen molar-refractivity contribution in [2.24, 2.45) is 5.73 Å². The molecule has 2 N–H and O–H groups in total. The van der Waals surface area contributed by atoms with Gasteiger partial charge in [0.2, 0.25) is 5.91 Å². The Balaban J connectivity index is 2.02. The highest BCUT2D eigenvalue weighted by atomic mass is 19.4. The van der Waals surface area contributed by atoms with E-state index < -0.39 is 17.8 Å². The fourth-order valence-corrected chi connectivity index (χ4v) is 2.47. The Labute approximate surface area is 132 Å². The number of primary amides is 1. The van der Waals surface area contributed by atoms with E-state index in [1.54, 1.807) is 22.9 Å². The highest BCUT2D eigenvalue weighted by molar-refractivity contribution is 5.75. The van der Waals surface area contributed by atoms with Crippen LogP contribution in [0.3, 0.4) is 0 Å². The lowest BCUT2D eigenvalue weighted by atomic mass is 10.2. The predicted octanol–water partition coefficient (Wildman–Crippen LogP) is 0.723. The van der Waals surface area contributed by atoms with E-state index in [-0.39, 0.29) is 18.5 Å². The summed E-state index contributed by atoms with van der Waals surface area (Å²) in [5.74, 6) is -0.176. The Morgan fingerprint density at radius 1 is 1.52 bits per heavy atom. The minimum Gasteiger partial charge on any atom is -0.373 e. The van der Waals surface area contributed by atoms with E-state index >= 15 is 0 Å². The molecule has 1 saturated heterocycles. The van der Waals surface area contributed by atoms with Gasteiger partial charge in [0.25, 0.3) is 0 Å². The second-order valence-electron chi connectivity index (χ2n) is 5.48. The van der Waals surface area contributed by atoms with Gasteiger partial charge in [0.1, 0.15) is 11.5 Å². The van der Waals surface area contributed by atoms with Gasteiger partial charge in [0.15, 0.2) is 0 Å². The van der Waals surface area contributed by atoms with Crippen LogP contribution >= 0.6 is 0 Å². The van der Waals surface area contributed by atoms with Gasteiger partial charge in [-0.05, 0) is 19.2 Å². The first-order chi connectivity index (χ1) is 10.8. The molecular formula is C14H19F3N4O2. The van der Waals surface area contributed by atoms with Gasteiger partial charge in [-0.25, -0.2) is 4.98 Å². The van der Waals surface area contributed by atoms with Crippen molar-refractivity contribution in [1.29, 1.82) is 0 Å². The fourth-order valence-electron chi connectivity index (χ4n) is 2.47. The van der Waals surface area contributed by atoms with Gasteiger partial charge in [0.05, 0.1) is 19.3 Å². The minimum atomic E-state index is -4.47. The molecule has 1 aromatic heterocycles. The molecule has 0 radical (unpaired) electrons. The zero-order chi connectivity index (χ0) is 17.0. The number of halogens is 3. The molecule has 1 fully saturated rings.